The van der Waals surface area contributed by atoms with Gasteiger partial charge in [-0.25, -0.2) is 9.37 Å². The highest BCUT2D eigenvalue weighted by atomic mass is 32.2. The van der Waals surface area contributed by atoms with Crippen molar-refractivity contribution in [2.45, 2.75) is 43.0 Å². The lowest BCUT2D eigenvalue weighted by Gasteiger charge is -2.22. The Morgan fingerprint density at radius 1 is 1.32 bits per heavy atom. The molecule has 0 aliphatic carbocycles. The zero-order chi connectivity index (χ0) is 16.7. The van der Waals surface area contributed by atoms with Crippen LogP contribution >= 0.6 is 11.8 Å². The van der Waals surface area contributed by atoms with E-state index in [0.29, 0.717) is 17.9 Å². The molecule has 0 aromatic carbocycles. The SMILES string of the molecule is CC(C)(C)[S+]([O-])/N=C1\CCSc2c1cnc(C(F)(F)F)c2F. The van der Waals surface area contributed by atoms with E-state index in [2.05, 4.69) is 9.38 Å². The summed E-state index contributed by atoms with van der Waals surface area (Å²) in [5.74, 6) is -1.00. The largest absolute Gasteiger partial charge is 0.591 e. The second-order valence-corrected chi connectivity index (χ2v) is 8.67. The third kappa shape index (κ3) is 3.57. The molecule has 0 saturated heterocycles. The summed E-state index contributed by atoms with van der Waals surface area (Å²) in [6.07, 6.45) is -3.47. The second-order valence-electron chi connectivity index (χ2n) is 5.66. The Balaban J connectivity index is 2.49. The maximum Gasteiger partial charge on any atom is 0.436 e. The lowest BCUT2D eigenvalue weighted by Crippen LogP contribution is -2.28. The first-order valence-electron chi connectivity index (χ1n) is 6.40. The van der Waals surface area contributed by atoms with Crippen LogP contribution in [0.15, 0.2) is 15.5 Å². The van der Waals surface area contributed by atoms with Gasteiger partial charge < -0.3 is 4.55 Å². The van der Waals surface area contributed by atoms with Gasteiger partial charge in [0.2, 0.25) is 0 Å². The van der Waals surface area contributed by atoms with Crippen LogP contribution in [0.2, 0.25) is 0 Å². The van der Waals surface area contributed by atoms with Crippen molar-refractivity contribution in [3.63, 3.8) is 0 Å². The van der Waals surface area contributed by atoms with Crippen LogP contribution in [0.1, 0.15) is 38.4 Å². The van der Waals surface area contributed by atoms with Crippen molar-refractivity contribution in [3.8, 4) is 0 Å². The van der Waals surface area contributed by atoms with Gasteiger partial charge >= 0.3 is 6.18 Å². The van der Waals surface area contributed by atoms with E-state index in [-0.39, 0.29) is 10.5 Å². The fourth-order valence-electron chi connectivity index (χ4n) is 1.73. The molecule has 2 rings (SSSR count). The highest BCUT2D eigenvalue weighted by molar-refractivity contribution is 7.99. The Labute approximate surface area is 132 Å². The minimum Gasteiger partial charge on any atom is -0.591 e. The van der Waals surface area contributed by atoms with Gasteiger partial charge in [-0.1, -0.05) is 4.40 Å². The van der Waals surface area contributed by atoms with Gasteiger partial charge in [-0.15, -0.1) is 11.8 Å². The Hall–Kier alpha value is -0.800. The highest BCUT2D eigenvalue weighted by Gasteiger charge is 2.39. The number of pyridine rings is 1. The summed E-state index contributed by atoms with van der Waals surface area (Å²) >= 11 is -0.576. The van der Waals surface area contributed by atoms with Gasteiger partial charge in [0.1, 0.15) is 21.8 Å². The molecular formula is C13H14F4N2OS2. The number of nitrogens with zero attached hydrogens (tertiary/aromatic N) is 2. The van der Waals surface area contributed by atoms with Crippen molar-refractivity contribution >= 4 is 28.8 Å². The molecule has 0 spiro atoms. The molecule has 1 aliphatic heterocycles. The predicted octanol–water partition coefficient (Wildman–Crippen LogP) is 3.99. The van der Waals surface area contributed by atoms with Crippen LogP contribution in [-0.4, -0.2) is 25.7 Å². The molecule has 1 aromatic heterocycles. The monoisotopic (exact) mass is 354 g/mol. The smallest absolute Gasteiger partial charge is 0.436 e. The molecule has 1 atom stereocenters. The average molecular weight is 354 g/mol. The molecule has 0 N–H and O–H groups in total. The molecule has 1 aliphatic rings. The predicted molar refractivity (Wildman–Crippen MR) is 79.0 cm³/mol. The van der Waals surface area contributed by atoms with Gasteiger partial charge in [0.05, 0.1) is 4.90 Å². The van der Waals surface area contributed by atoms with E-state index in [9.17, 15) is 22.1 Å². The summed E-state index contributed by atoms with van der Waals surface area (Å²) in [7, 11) is 0. The van der Waals surface area contributed by atoms with E-state index in [1.807, 2.05) is 0 Å². The number of fused-ring (bicyclic) bond motifs is 1. The van der Waals surface area contributed by atoms with Crippen molar-refractivity contribution in [1.29, 1.82) is 0 Å². The number of thioether (sulfide) groups is 1. The Kier molecular flexibility index (Phi) is 4.79. The number of rotatable bonds is 1. The summed E-state index contributed by atoms with van der Waals surface area (Å²) in [6.45, 7) is 5.20. The number of halogens is 4. The summed E-state index contributed by atoms with van der Waals surface area (Å²) in [4.78, 5) is 3.06. The molecular weight excluding hydrogens is 340 g/mol. The van der Waals surface area contributed by atoms with Crippen LogP contribution in [0, 0.1) is 5.82 Å². The van der Waals surface area contributed by atoms with Gasteiger partial charge in [0, 0.05) is 23.9 Å². The van der Waals surface area contributed by atoms with Gasteiger partial charge in [0.15, 0.2) is 11.5 Å². The topological polar surface area (TPSA) is 48.3 Å². The average Bonchev–Trinajstić information content (AvgIpc) is 2.37. The maximum absolute atomic E-state index is 14.1. The quantitative estimate of drug-likeness (QED) is 0.566. The van der Waals surface area contributed by atoms with Gasteiger partial charge in [-0.05, 0) is 20.8 Å². The van der Waals surface area contributed by atoms with E-state index in [4.69, 9.17) is 0 Å². The molecule has 1 unspecified atom stereocenters. The lowest BCUT2D eigenvalue weighted by atomic mass is 10.1. The zero-order valence-electron chi connectivity index (χ0n) is 12.1. The Morgan fingerprint density at radius 2 is 1.95 bits per heavy atom. The molecule has 0 radical (unpaired) electrons. The molecule has 3 nitrogen and oxygen atoms in total. The maximum atomic E-state index is 14.1. The van der Waals surface area contributed by atoms with Gasteiger partial charge in [-0.3, -0.25) is 0 Å². The van der Waals surface area contributed by atoms with E-state index in [1.165, 1.54) is 0 Å². The van der Waals surface area contributed by atoms with Crippen LogP contribution < -0.4 is 0 Å². The third-order valence-corrected chi connectivity index (χ3v) is 5.39. The Morgan fingerprint density at radius 3 is 2.50 bits per heavy atom. The fourth-order valence-corrected chi connectivity index (χ4v) is 3.44. The zero-order valence-corrected chi connectivity index (χ0v) is 13.8. The van der Waals surface area contributed by atoms with E-state index in [0.717, 1.165) is 18.0 Å². The van der Waals surface area contributed by atoms with E-state index < -0.39 is 33.8 Å². The molecule has 0 saturated carbocycles. The fraction of sp³-hybridized carbons (Fsp3) is 0.538. The number of hydrogen-bond donors (Lipinski definition) is 0. The summed E-state index contributed by atoms with van der Waals surface area (Å²) < 4.78 is 67.7. The van der Waals surface area contributed by atoms with Crippen LogP contribution in [-0.2, 0) is 17.5 Å². The minimum absolute atomic E-state index is 0.127. The standard InChI is InChI=1S/C13H14F4N2OS2/c1-12(2,3)22(20)19-8-4-5-21-10-7(8)6-18-11(9(10)14)13(15,16)17/h6H,4-5H2,1-3H3/b19-8+. The lowest BCUT2D eigenvalue weighted by molar-refractivity contribution is -0.144. The molecule has 122 valence electrons. The molecule has 2 heterocycles. The van der Waals surface area contributed by atoms with Crippen molar-refractivity contribution < 1.29 is 22.1 Å². The van der Waals surface area contributed by atoms with Crippen molar-refractivity contribution in [2.24, 2.45) is 4.40 Å². The van der Waals surface area contributed by atoms with Crippen molar-refractivity contribution in [3.05, 3.63) is 23.3 Å². The molecule has 9 heteroatoms. The number of aromatic nitrogens is 1. The molecule has 0 bridgehead atoms. The normalized spacial score (nSPS) is 19.2. The van der Waals surface area contributed by atoms with Crippen molar-refractivity contribution in [1.82, 2.24) is 4.98 Å². The second kappa shape index (κ2) is 6.01. The van der Waals surface area contributed by atoms with Crippen LogP contribution in [0.3, 0.4) is 0 Å². The van der Waals surface area contributed by atoms with Gasteiger partial charge in [0.25, 0.3) is 0 Å². The van der Waals surface area contributed by atoms with E-state index >= 15 is 0 Å². The summed E-state index contributed by atoms with van der Waals surface area (Å²) in [5, 5.41) is 0. The van der Waals surface area contributed by atoms with Crippen LogP contribution in [0.4, 0.5) is 17.6 Å². The molecule has 22 heavy (non-hydrogen) atoms. The summed E-state index contributed by atoms with van der Waals surface area (Å²) in [6, 6.07) is 0. The number of hydrogen-bond acceptors (Lipinski definition) is 4. The first kappa shape index (κ1) is 17.6. The Bertz CT molecular complexity index is 611. The third-order valence-electron chi connectivity index (χ3n) is 2.86. The molecule has 1 aromatic rings. The highest BCUT2D eigenvalue weighted by Crippen LogP contribution is 2.38. The van der Waals surface area contributed by atoms with Crippen LogP contribution in [0.5, 0.6) is 0 Å². The first-order chi connectivity index (χ1) is 10.0. The first-order valence-corrected chi connectivity index (χ1v) is 8.49. The summed E-state index contributed by atoms with van der Waals surface area (Å²) in [5.41, 5.74) is -1.00. The number of alkyl halides is 3. The van der Waals surface area contributed by atoms with E-state index in [1.54, 1.807) is 20.8 Å². The minimum atomic E-state index is -4.84. The van der Waals surface area contributed by atoms with Crippen LogP contribution in [0.25, 0.3) is 0 Å². The van der Waals surface area contributed by atoms with Crippen molar-refractivity contribution in [2.75, 3.05) is 5.75 Å². The molecule has 0 amide bonds. The molecule has 0 fully saturated rings. The van der Waals surface area contributed by atoms with Gasteiger partial charge in [-0.2, -0.15) is 13.2 Å².